The fraction of sp³-hybridized carbons (Fsp3) is 0.182. The Kier molecular flexibility index (Phi) is 4.20. The molecule has 1 aromatic rings. The molecule has 0 aliphatic carbocycles. The van der Waals surface area contributed by atoms with E-state index in [4.69, 9.17) is 4.74 Å². The number of allylic oxidation sites excluding steroid dienone is 1. The predicted molar refractivity (Wildman–Crippen MR) is 58.2 cm³/mol. The van der Waals surface area contributed by atoms with Crippen LogP contribution in [-0.4, -0.2) is 17.3 Å². The summed E-state index contributed by atoms with van der Waals surface area (Å²) in [5.41, 5.74) is -0.142. The van der Waals surface area contributed by atoms with Crippen molar-refractivity contribution in [1.82, 2.24) is 0 Å². The highest BCUT2D eigenvalue weighted by Crippen LogP contribution is 2.18. The molecule has 0 amide bonds. The minimum Gasteiger partial charge on any atom is -0.501 e. The van der Waals surface area contributed by atoms with Crippen molar-refractivity contribution >= 4 is 11.5 Å². The van der Waals surface area contributed by atoms with Crippen molar-refractivity contribution in [1.29, 1.82) is 0 Å². The first-order valence-corrected chi connectivity index (χ1v) is 4.72. The maximum absolute atomic E-state index is 11.6. The molecule has 0 saturated carbocycles. The number of para-hydroxylation sites is 1. The Bertz CT molecular complexity index is 426. The van der Waals surface area contributed by atoms with Crippen molar-refractivity contribution in [2.24, 2.45) is 0 Å². The van der Waals surface area contributed by atoms with Crippen LogP contribution in [0, 0.1) is 10.1 Å². The van der Waals surface area contributed by atoms with Crippen molar-refractivity contribution in [3.63, 3.8) is 0 Å². The summed E-state index contributed by atoms with van der Waals surface area (Å²) in [4.78, 5) is 21.6. The first-order valence-electron chi connectivity index (χ1n) is 4.72. The van der Waals surface area contributed by atoms with Gasteiger partial charge in [0, 0.05) is 12.1 Å². The normalized spacial score (nSPS) is 10.3. The highest BCUT2D eigenvalue weighted by molar-refractivity contribution is 6.07. The number of hydrogen-bond acceptors (Lipinski definition) is 4. The van der Waals surface area contributed by atoms with Crippen molar-refractivity contribution in [2.45, 2.75) is 6.92 Å². The van der Waals surface area contributed by atoms with Crippen molar-refractivity contribution < 1.29 is 14.5 Å². The molecule has 0 spiro atoms. The monoisotopic (exact) mass is 221 g/mol. The average molecular weight is 221 g/mol. The van der Waals surface area contributed by atoms with Gasteiger partial charge in [-0.05, 0) is 13.0 Å². The van der Waals surface area contributed by atoms with E-state index in [2.05, 4.69) is 0 Å². The van der Waals surface area contributed by atoms with E-state index in [9.17, 15) is 14.9 Å². The molecule has 1 rings (SSSR count). The number of ether oxygens (including phenoxy) is 1. The Morgan fingerprint density at radius 1 is 1.50 bits per heavy atom. The maximum atomic E-state index is 11.6. The largest absolute Gasteiger partial charge is 0.501 e. The van der Waals surface area contributed by atoms with E-state index in [-0.39, 0.29) is 11.3 Å². The fourth-order valence-electron chi connectivity index (χ4n) is 1.14. The summed E-state index contributed by atoms with van der Waals surface area (Å²) in [6.07, 6.45) is 2.41. The number of carbonyl (C=O) groups is 1. The fourth-order valence-corrected chi connectivity index (χ4v) is 1.14. The van der Waals surface area contributed by atoms with Gasteiger partial charge in [-0.3, -0.25) is 14.9 Å². The molecular formula is C11H11NO4. The number of nitro groups is 1. The summed E-state index contributed by atoms with van der Waals surface area (Å²) in [7, 11) is 0. The minimum absolute atomic E-state index is 0.0588. The lowest BCUT2D eigenvalue weighted by Gasteiger charge is -1.98. The predicted octanol–water partition coefficient (Wildman–Crippen LogP) is 2.33. The van der Waals surface area contributed by atoms with Crippen molar-refractivity contribution in [3.05, 3.63) is 52.3 Å². The molecule has 0 aromatic heterocycles. The van der Waals surface area contributed by atoms with Crippen LogP contribution in [0.2, 0.25) is 0 Å². The summed E-state index contributed by atoms with van der Waals surface area (Å²) in [5.74, 6) is -0.444. The molecule has 5 nitrogen and oxygen atoms in total. The van der Waals surface area contributed by atoms with Crippen molar-refractivity contribution in [2.75, 3.05) is 6.61 Å². The summed E-state index contributed by atoms with van der Waals surface area (Å²) in [6.45, 7) is 2.22. The standard InChI is InChI=1S/C11H11NO4/c1-2-16-8-7-11(13)9-5-3-4-6-10(9)12(14)15/h3-8H,2H2,1H3. The van der Waals surface area contributed by atoms with E-state index in [1.54, 1.807) is 13.0 Å². The Hall–Kier alpha value is -2.17. The van der Waals surface area contributed by atoms with Crippen LogP contribution in [0.1, 0.15) is 17.3 Å². The summed E-state index contributed by atoms with van der Waals surface area (Å²) in [6, 6.07) is 5.80. The van der Waals surface area contributed by atoms with Crippen LogP contribution in [0.25, 0.3) is 0 Å². The minimum atomic E-state index is -0.582. The van der Waals surface area contributed by atoms with E-state index in [0.717, 1.165) is 0 Å². The lowest BCUT2D eigenvalue weighted by atomic mass is 10.1. The van der Waals surface area contributed by atoms with E-state index in [1.165, 1.54) is 30.5 Å². The van der Waals surface area contributed by atoms with E-state index in [0.29, 0.717) is 6.61 Å². The van der Waals surface area contributed by atoms with Gasteiger partial charge in [-0.25, -0.2) is 0 Å². The SMILES string of the molecule is CCOC=CC(=O)c1ccccc1[N+](=O)[O-]. The molecule has 0 N–H and O–H groups in total. The summed E-state index contributed by atoms with van der Waals surface area (Å²) in [5, 5.41) is 10.7. The van der Waals surface area contributed by atoms with Gasteiger partial charge < -0.3 is 4.74 Å². The maximum Gasteiger partial charge on any atom is 0.280 e. The molecule has 0 fully saturated rings. The Morgan fingerprint density at radius 3 is 2.81 bits per heavy atom. The van der Waals surface area contributed by atoms with Crippen molar-refractivity contribution in [3.8, 4) is 0 Å². The molecule has 0 atom stereocenters. The first kappa shape index (κ1) is 11.9. The zero-order valence-corrected chi connectivity index (χ0v) is 8.75. The molecule has 16 heavy (non-hydrogen) atoms. The first-order chi connectivity index (χ1) is 7.66. The van der Waals surface area contributed by atoms with Gasteiger partial charge in [-0.2, -0.15) is 0 Å². The quantitative estimate of drug-likeness (QED) is 0.251. The second-order valence-corrected chi connectivity index (χ2v) is 2.90. The number of carbonyl (C=O) groups excluding carboxylic acids is 1. The lowest BCUT2D eigenvalue weighted by molar-refractivity contribution is -0.385. The third kappa shape index (κ3) is 2.91. The highest BCUT2D eigenvalue weighted by atomic mass is 16.6. The molecule has 5 heteroatoms. The van der Waals surface area contributed by atoms with Gasteiger partial charge >= 0.3 is 0 Å². The topological polar surface area (TPSA) is 69.4 Å². The van der Waals surface area contributed by atoms with E-state index in [1.807, 2.05) is 0 Å². The van der Waals surface area contributed by atoms with Gasteiger partial charge in [0.25, 0.3) is 5.69 Å². The van der Waals surface area contributed by atoms with Gasteiger partial charge in [0.2, 0.25) is 0 Å². The molecule has 0 radical (unpaired) electrons. The average Bonchev–Trinajstić information content (AvgIpc) is 2.29. The molecule has 0 bridgehead atoms. The second kappa shape index (κ2) is 5.65. The number of benzene rings is 1. The molecular weight excluding hydrogens is 210 g/mol. The van der Waals surface area contributed by atoms with Gasteiger partial charge in [-0.1, -0.05) is 12.1 Å². The molecule has 0 unspecified atom stereocenters. The lowest BCUT2D eigenvalue weighted by Crippen LogP contribution is -2.01. The van der Waals surface area contributed by atoms with Crippen LogP contribution in [0.3, 0.4) is 0 Å². The van der Waals surface area contributed by atoms with E-state index >= 15 is 0 Å². The van der Waals surface area contributed by atoms with Crippen LogP contribution in [0.5, 0.6) is 0 Å². The number of hydrogen-bond donors (Lipinski definition) is 0. The molecule has 0 saturated heterocycles. The van der Waals surface area contributed by atoms with Gasteiger partial charge in [0.1, 0.15) is 0 Å². The number of ketones is 1. The van der Waals surface area contributed by atoms with Gasteiger partial charge in [0.05, 0.1) is 23.4 Å². The highest BCUT2D eigenvalue weighted by Gasteiger charge is 2.16. The zero-order valence-electron chi connectivity index (χ0n) is 8.75. The number of nitro benzene ring substituents is 1. The van der Waals surface area contributed by atoms with E-state index < -0.39 is 10.7 Å². The van der Waals surface area contributed by atoms with Crippen LogP contribution in [0.15, 0.2) is 36.6 Å². The summed E-state index contributed by atoms with van der Waals surface area (Å²) < 4.78 is 4.85. The number of rotatable bonds is 5. The van der Waals surface area contributed by atoms with Crippen LogP contribution >= 0.6 is 0 Å². The van der Waals surface area contributed by atoms with Crippen LogP contribution in [-0.2, 0) is 4.74 Å². The second-order valence-electron chi connectivity index (χ2n) is 2.90. The van der Waals surface area contributed by atoms with Gasteiger partial charge in [0.15, 0.2) is 5.78 Å². The van der Waals surface area contributed by atoms with Crippen LogP contribution in [0.4, 0.5) is 5.69 Å². The molecule has 0 aliphatic rings. The Labute approximate surface area is 92.5 Å². The Balaban J connectivity index is 2.95. The smallest absolute Gasteiger partial charge is 0.280 e. The molecule has 0 aliphatic heterocycles. The third-order valence-electron chi connectivity index (χ3n) is 1.85. The summed E-state index contributed by atoms with van der Waals surface area (Å²) >= 11 is 0. The van der Waals surface area contributed by atoms with Crippen LogP contribution < -0.4 is 0 Å². The molecule has 84 valence electrons. The zero-order chi connectivity index (χ0) is 12.0. The van der Waals surface area contributed by atoms with Gasteiger partial charge in [-0.15, -0.1) is 0 Å². The third-order valence-corrected chi connectivity index (χ3v) is 1.85. The molecule has 0 heterocycles. The number of nitrogens with zero attached hydrogens (tertiary/aromatic N) is 1. The Morgan fingerprint density at radius 2 is 2.19 bits per heavy atom. The molecule has 1 aromatic carbocycles.